The van der Waals surface area contributed by atoms with Gasteiger partial charge in [0.15, 0.2) is 0 Å². The standard InChI is InChI=1S/C29H26N2O4/c1-35-29(33)25-15-13-21(17-27(25)23-10-6-3-7-11-23)19-30-18-20-12-14-24(28(32)31-34)26(16-20)22-8-4-2-5-9-22/h2-17,30,34H,18-19H2,1H3,(H,31,32). The number of esters is 1. The van der Waals surface area contributed by atoms with Crippen molar-refractivity contribution in [2.24, 2.45) is 0 Å². The Labute approximate surface area is 204 Å². The van der Waals surface area contributed by atoms with Crippen molar-refractivity contribution in [1.82, 2.24) is 10.8 Å². The van der Waals surface area contributed by atoms with Crippen molar-refractivity contribution in [3.8, 4) is 22.3 Å². The third-order valence-corrected chi connectivity index (χ3v) is 5.75. The van der Waals surface area contributed by atoms with Crippen molar-refractivity contribution in [2.45, 2.75) is 13.1 Å². The molecule has 0 spiro atoms. The third kappa shape index (κ3) is 5.63. The van der Waals surface area contributed by atoms with Gasteiger partial charge < -0.3 is 10.1 Å². The number of carbonyl (C=O) groups excluding carboxylic acids is 2. The topological polar surface area (TPSA) is 87.7 Å². The predicted octanol–water partition coefficient (Wildman–Crippen LogP) is 5.22. The van der Waals surface area contributed by atoms with Crippen LogP contribution in [0.3, 0.4) is 0 Å². The molecule has 4 rings (SSSR count). The van der Waals surface area contributed by atoms with Gasteiger partial charge in [0.05, 0.1) is 12.7 Å². The molecule has 0 saturated heterocycles. The van der Waals surface area contributed by atoms with Crippen molar-refractivity contribution >= 4 is 11.9 Å². The fourth-order valence-corrected chi connectivity index (χ4v) is 4.01. The fraction of sp³-hybridized carbons (Fsp3) is 0.103. The second-order valence-electron chi connectivity index (χ2n) is 8.03. The molecule has 0 fully saturated rings. The highest BCUT2D eigenvalue weighted by atomic mass is 16.5. The molecule has 6 nitrogen and oxygen atoms in total. The number of amides is 1. The Morgan fingerprint density at radius 3 is 1.69 bits per heavy atom. The van der Waals surface area contributed by atoms with Crippen LogP contribution in [0.25, 0.3) is 22.3 Å². The van der Waals surface area contributed by atoms with Crippen LogP contribution < -0.4 is 10.8 Å². The summed E-state index contributed by atoms with van der Waals surface area (Å²) >= 11 is 0. The minimum atomic E-state index is -0.553. The van der Waals surface area contributed by atoms with Crippen LogP contribution in [0.4, 0.5) is 0 Å². The fourth-order valence-electron chi connectivity index (χ4n) is 4.01. The maximum Gasteiger partial charge on any atom is 0.338 e. The molecule has 0 unspecified atom stereocenters. The van der Waals surface area contributed by atoms with Crippen molar-refractivity contribution < 1.29 is 19.5 Å². The summed E-state index contributed by atoms with van der Waals surface area (Å²) in [6.07, 6.45) is 0. The molecule has 3 N–H and O–H groups in total. The maximum absolute atomic E-state index is 12.3. The van der Waals surface area contributed by atoms with E-state index in [1.165, 1.54) is 7.11 Å². The second kappa shape index (κ2) is 11.2. The quantitative estimate of drug-likeness (QED) is 0.188. The van der Waals surface area contributed by atoms with Gasteiger partial charge in [-0.25, -0.2) is 10.3 Å². The molecule has 0 radical (unpaired) electrons. The van der Waals surface area contributed by atoms with Crippen molar-refractivity contribution in [3.05, 3.63) is 119 Å². The lowest BCUT2D eigenvalue weighted by molar-refractivity contribution is 0.0601. The second-order valence-corrected chi connectivity index (χ2v) is 8.03. The van der Waals surface area contributed by atoms with Gasteiger partial charge in [-0.05, 0) is 57.6 Å². The first-order chi connectivity index (χ1) is 17.1. The Hall–Kier alpha value is -4.26. The molecule has 0 aromatic heterocycles. The first kappa shape index (κ1) is 23.9. The van der Waals surface area contributed by atoms with Gasteiger partial charge in [0.2, 0.25) is 0 Å². The summed E-state index contributed by atoms with van der Waals surface area (Å²) in [5.74, 6) is -0.925. The molecule has 35 heavy (non-hydrogen) atoms. The highest BCUT2D eigenvalue weighted by Crippen LogP contribution is 2.27. The molecule has 0 aliphatic heterocycles. The molecular weight excluding hydrogens is 440 g/mol. The maximum atomic E-state index is 12.3. The lowest BCUT2D eigenvalue weighted by atomic mass is 9.96. The summed E-state index contributed by atoms with van der Waals surface area (Å²) in [6.45, 7) is 1.15. The first-order valence-electron chi connectivity index (χ1n) is 11.2. The number of hydrogen-bond acceptors (Lipinski definition) is 5. The van der Waals surface area contributed by atoms with Gasteiger partial charge >= 0.3 is 5.97 Å². The van der Waals surface area contributed by atoms with Crippen LogP contribution in [-0.4, -0.2) is 24.2 Å². The van der Waals surface area contributed by atoms with Gasteiger partial charge in [0, 0.05) is 18.7 Å². The third-order valence-electron chi connectivity index (χ3n) is 5.75. The predicted molar refractivity (Wildman–Crippen MR) is 135 cm³/mol. The largest absolute Gasteiger partial charge is 0.465 e. The highest BCUT2D eigenvalue weighted by Gasteiger charge is 2.15. The zero-order valence-corrected chi connectivity index (χ0v) is 19.3. The van der Waals surface area contributed by atoms with E-state index in [1.54, 1.807) is 17.6 Å². The molecule has 1 amide bonds. The normalized spacial score (nSPS) is 10.6. The van der Waals surface area contributed by atoms with E-state index in [0.29, 0.717) is 24.2 Å². The van der Waals surface area contributed by atoms with E-state index in [2.05, 4.69) is 5.32 Å². The summed E-state index contributed by atoms with van der Waals surface area (Å²) in [5.41, 5.74) is 8.05. The van der Waals surface area contributed by atoms with Crippen molar-refractivity contribution in [1.29, 1.82) is 0 Å². The number of hydroxylamine groups is 1. The minimum Gasteiger partial charge on any atom is -0.465 e. The van der Waals surface area contributed by atoms with Crippen LogP contribution in [-0.2, 0) is 17.8 Å². The lowest BCUT2D eigenvalue weighted by Gasteiger charge is -2.13. The Balaban J connectivity index is 1.54. The Morgan fingerprint density at radius 2 is 1.20 bits per heavy atom. The smallest absolute Gasteiger partial charge is 0.338 e. The van der Waals surface area contributed by atoms with E-state index in [0.717, 1.165) is 33.4 Å². The molecule has 0 atom stereocenters. The number of hydrogen-bond donors (Lipinski definition) is 3. The molecule has 0 saturated carbocycles. The van der Waals surface area contributed by atoms with E-state index in [4.69, 9.17) is 9.94 Å². The van der Waals surface area contributed by atoms with Gasteiger partial charge in [0.1, 0.15) is 0 Å². The zero-order chi connectivity index (χ0) is 24.6. The SMILES string of the molecule is COC(=O)c1ccc(CNCc2ccc(C(=O)NO)c(-c3ccccc3)c2)cc1-c1ccccc1. The van der Waals surface area contributed by atoms with E-state index < -0.39 is 5.91 Å². The minimum absolute atomic E-state index is 0.371. The molecule has 0 bridgehead atoms. The van der Waals surface area contributed by atoms with Gasteiger partial charge in [-0.15, -0.1) is 0 Å². The van der Waals surface area contributed by atoms with Gasteiger partial charge in [-0.3, -0.25) is 10.0 Å². The summed E-state index contributed by atoms with van der Waals surface area (Å²) < 4.78 is 4.96. The average molecular weight is 467 g/mol. The summed E-state index contributed by atoms with van der Waals surface area (Å²) in [6, 6.07) is 30.5. The number of ether oxygens (including phenoxy) is 1. The molecule has 0 heterocycles. The van der Waals surface area contributed by atoms with Gasteiger partial charge in [-0.1, -0.05) is 72.8 Å². The van der Waals surface area contributed by atoms with Crippen molar-refractivity contribution in [3.63, 3.8) is 0 Å². The van der Waals surface area contributed by atoms with Crippen LogP contribution in [0.1, 0.15) is 31.8 Å². The number of carbonyl (C=O) groups is 2. The Bertz CT molecular complexity index is 1220. The summed E-state index contributed by atoms with van der Waals surface area (Å²) in [7, 11) is 1.38. The molecular formula is C29H26N2O4. The van der Waals surface area contributed by atoms with E-state index >= 15 is 0 Å². The first-order valence-corrected chi connectivity index (χ1v) is 11.2. The molecule has 4 aromatic rings. The monoisotopic (exact) mass is 466 g/mol. The highest BCUT2D eigenvalue weighted by molar-refractivity contribution is 6.00. The van der Waals surface area contributed by atoms with Gasteiger partial charge in [-0.2, -0.15) is 0 Å². The van der Waals surface area contributed by atoms with E-state index in [-0.39, 0.29) is 5.97 Å². The zero-order valence-electron chi connectivity index (χ0n) is 19.3. The van der Waals surface area contributed by atoms with Crippen LogP contribution in [0.2, 0.25) is 0 Å². The number of methoxy groups -OCH3 is 1. The summed E-state index contributed by atoms with van der Waals surface area (Å²) in [4.78, 5) is 24.4. The Morgan fingerprint density at radius 1 is 0.714 bits per heavy atom. The average Bonchev–Trinajstić information content (AvgIpc) is 2.93. The molecule has 4 aromatic carbocycles. The van der Waals surface area contributed by atoms with Gasteiger partial charge in [0.25, 0.3) is 5.91 Å². The lowest BCUT2D eigenvalue weighted by Crippen LogP contribution is -2.20. The number of benzene rings is 4. The molecule has 0 aliphatic rings. The number of nitrogens with one attached hydrogen (secondary N) is 2. The van der Waals surface area contributed by atoms with Crippen LogP contribution in [0.5, 0.6) is 0 Å². The molecule has 6 heteroatoms. The molecule has 176 valence electrons. The van der Waals surface area contributed by atoms with Crippen LogP contribution in [0.15, 0.2) is 97.1 Å². The summed E-state index contributed by atoms with van der Waals surface area (Å²) in [5, 5.41) is 12.6. The van der Waals surface area contributed by atoms with E-state index in [9.17, 15) is 9.59 Å². The van der Waals surface area contributed by atoms with Crippen LogP contribution in [0, 0.1) is 0 Å². The molecule has 0 aliphatic carbocycles. The Kier molecular flexibility index (Phi) is 7.67. The van der Waals surface area contributed by atoms with Crippen molar-refractivity contribution in [2.75, 3.05) is 7.11 Å². The van der Waals surface area contributed by atoms with E-state index in [1.807, 2.05) is 84.9 Å². The van der Waals surface area contributed by atoms with Crippen LogP contribution >= 0.6 is 0 Å². The number of rotatable bonds is 8.